The van der Waals surface area contributed by atoms with Crippen LogP contribution in [0.15, 0.2) is 30.3 Å². The van der Waals surface area contributed by atoms with Crippen LogP contribution in [0.25, 0.3) is 0 Å². The van der Waals surface area contributed by atoms with Crippen LogP contribution in [0.3, 0.4) is 0 Å². The second-order valence-electron chi connectivity index (χ2n) is 8.31. The van der Waals surface area contributed by atoms with Crippen molar-refractivity contribution < 1.29 is 27.6 Å². The number of aryl methyl sites for hydroxylation is 1. The van der Waals surface area contributed by atoms with Gasteiger partial charge < -0.3 is 10.2 Å². The first-order valence-electron chi connectivity index (χ1n) is 10.3. The van der Waals surface area contributed by atoms with Gasteiger partial charge in [0.15, 0.2) is 0 Å². The molecule has 2 N–H and O–H groups in total. The van der Waals surface area contributed by atoms with Gasteiger partial charge in [-0.1, -0.05) is 6.07 Å². The van der Waals surface area contributed by atoms with Crippen LogP contribution >= 0.6 is 0 Å². The zero-order valence-electron chi connectivity index (χ0n) is 17.4. The number of benzene rings is 2. The molecule has 2 aliphatic heterocycles. The smallest absolute Gasteiger partial charge is 0.234 e. The number of carbonyl (C=O) groups excluding carboxylic acids is 3. The Kier molecular flexibility index (Phi) is 5.90. The highest BCUT2D eigenvalue weighted by atomic mass is 19.1. The van der Waals surface area contributed by atoms with E-state index in [1.807, 2.05) is 0 Å². The Morgan fingerprint density at radius 2 is 1.78 bits per heavy atom. The quantitative estimate of drug-likeness (QED) is 0.694. The number of rotatable bonds is 5. The number of halogens is 3. The Bertz CT molecular complexity index is 1060. The lowest BCUT2D eigenvalue weighted by atomic mass is 9.89. The number of amides is 3. The van der Waals surface area contributed by atoms with Crippen LogP contribution in [0.1, 0.15) is 35.4 Å². The molecule has 4 rings (SSSR count). The Balaban J connectivity index is 1.36. The Hall–Kier alpha value is -3.36. The van der Waals surface area contributed by atoms with E-state index in [4.69, 9.17) is 0 Å². The molecule has 2 aromatic carbocycles. The van der Waals surface area contributed by atoms with Crippen molar-refractivity contribution in [3.63, 3.8) is 0 Å². The summed E-state index contributed by atoms with van der Waals surface area (Å²) >= 11 is 0. The second kappa shape index (κ2) is 8.64. The van der Waals surface area contributed by atoms with E-state index >= 15 is 0 Å². The van der Waals surface area contributed by atoms with Crippen molar-refractivity contribution in [3.8, 4) is 0 Å². The normalized spacial score (nSPS) is 18.9. The lowest BCUT2D eigenvalue weighted by Crippen LogP contribution is -2.59. The highest BCUT2D eigenvalue weighted by Crippen LogP contribution is 2.33. The monoisotopic (exact) mass is 445 g/mol. The first-order valence-corrected chi connectivity index (χ1v) is 10.3. The van der Waals surface area contributed by atoms with E-state index in [0.717, 1.165) is 17.7 Å². The zero-order valence-corrected chi connectivity index (χ0v) is 17.4. The van der Waals surface area contributed by atoms with Gasteiger partial charge in [-0.3, -0.25) is 19.7 Å². The van der Waals surface area contributed by atoms with E-state index in [0.29, 0.717) is 24.3 Å². The number of imide groups is 1. The molecule has 1 unspecified atom stereocenters. The second-order valence-corrected chi connectivity index (χ2v) is 8.31. The summed E-state index contributed by atoms with van der Waals surface area (Å²) in [5.74, 6) is -4.54. The van der Waals surface area contributed by atoms with Gasteiger partial charge in [-0.25, -0.2) is 13.2 Å². The summed E-state index contributed by atoms with van der Waals surface area (Å²) in [7, 11) is 0. The number of hydrogen-bond acceptors (Lipinski definition) is 4. The predicted molar refractivity (Wildman–Crippen MR) is 110 cm³/mol. The molecule has 32 heavy (non-hydrogen) atoms. The van der Waals surface area contributed by atoms with Crippen molar-refractivity contribution >= 4 is 23.4 Å². The molecule has 0 radical (unpaired) electrons. The molecule has 0 aromatic heterocycles. The van der Waals surface area contributed by atoms with Crippen molar-refractivity contribution in [2.75, 3.05) is 18.0 Å². The fourth-order valence-corrected chi connectivity index (χ4v) is 4.21. The lowest BCUT2D eigenvalue weighted by Gasteiger charge is -2.41. The van der Waals surface area contributed by atoms with E-state index in [1.54, 1.807) is 17.9 Å². The topological polar surface area (TPSA) is 78.5 Å². The van der Waals surface area contributed by atoms with Crippen molar-refractivity contribution in [3.05, 3.63) is 64.5 Å². The number of nitrogens with one attached hydrogen (secondary N) is 2. The van der Waals surface area contributed by atoms with Crippen molar-refractivity contribution in [1.82, 2.24) is 10.6 Å². The third-order valence-corrected chi connectivity index (χ3v) is 5.73. The Morgan fingerprint density at radius 1 is 1.09 bits per heavy atom. The highest BCUT2D eigenvalue weighted by Gasteiger charge is 2.34. The number of anilines is 1. The maximum Gasteiger partial charge on any atom is 0.234 e. The first kappa shape index (κ1) is 21.9. The molecule has 9 heteroatoms. The van der Waals surface area contributed by atoms with Crippen LogP contribution < -0.4 is 15.5 Å². The summed E-state index contributed by atoms with van der Waals surface area (Å²) in [4.78, 5) is 37.2. The molecule has 3 amide bonds. The highest BCUT2D eigenvalue weighted by molar-refractivity contribution is 6.01. The minimum Gasteiger partial charge on any atom is -0.367 e. The minimum absolute atomic E-state index is 0.0275. The van der Waals surface area contributed by atoms with Gasteiger partial charge in [-0.05, 0) is 48.7 Å². The molecular weight excluding hydrogens is 423 g/mol. The van der Waals surface area contributed by atoms with Crippen LogP contribution in [0.2, 0.25) is 0 Å². The fraction of sp³-hybridized carbons (Fsp3) is 0.348. The molecule has 0 spiro atoms. The average molecular weight is 445 g/mol. The molecule has 2 heterocycles. The van der Waals surface area contributed by atoms with E-state index in [9.17, 15) is 27.6 Å². The SMILES string of the molecule is Cc1cc(F)cc(CC(=O)NC2CN(c3cc(F)c(C4CCC(=O)NC4=O)c(F)c3)C2)c1. The molecule has 2 aromatic rings. The van der Waals surface area contributed by atoms with Gasteiger partial charge in [-0.2, -0.15) is 0 Å². The molecule has 2 fully saturated rings. The van der Waals surface area contributed by atoms with Crippen LogP contribution in [-0.2, 0) is 20.8 Å². The average Bonchev–Trinajstić information content (AvgIpc) is 2.64. The number of nitrogens with zero attached hydrogens (tertiary/aromatic N) is 1. The third-order valence-electron chi connectivity index (χ3n) is 5.73. The van der Waals surface area contributed by atoms with Crippen molar-refractivity contribution in [2.45, 2.75) is 38.1 Å². The summed E-state index contributed by atoms with van der Waals surface area (Å²) in [6.07, 6.45) is 0.124. The molecule has 168 valence electrons. The van der Waals surface area contributed by atoms with Crippen LogP contribution in [0, 0.1) is 24.4 Å². The van der Waals surface area contributed by atoms with Crippen molar-refractivity contribution in [2.24, 2.45) is 0 Å². The van der Waals surface area contributed by atoms with Crippen molar-refractivity contribution in [1.29, 1.82) is 0 Å². The van der Waals surface area contributed by atoms with Gasteiger partial charge in [-0.15, -0.1) is 0 Å². The van der Waals surface area contributed by atoms with Gasteiger partial charge in [0, 0.05) is 30.8 Å². The number of carbonyl (C=O) groups is 3. The van der Waals surface area contributed by atoms with Gasteiger partial charge in [0.05, 0.1) is 18.4 Å². The van der Waals surface area contributed by atoms with E-state index < -0.39 is 35.2 Å². The molecule has 0 aliphatic carbocycles. The molecule has 2 aliphatic rings. The standard InChI is InChI=1S/C23H22F3N3O3/c1-12-4-13(6-14(24)5-12)7-21(31)27-15-10-29(11-15)16-8-18(25)22(19(26)9-16)17-2-3-20(30)28-23(17)32/h4-6,8-9,15,17H,2-3,7,10-11H2,1H3,(H,27,31)(H,28,30,32). The van der Waals surface area contributed by atoms with Gasteiger partial charge in [0.25, 0.3) is 0 Å². The van der Waals surface area contributed by atoms with Gasteiger partial charge >= 0.3 is 0 Å². The summed E-state index contributed by atoms with van der Waals surface area (Å²) in [5, 5.41) is 4.94. The molecular formula is C23H22F3N3O3. The van der Waals surface area contributed by atoms with E-state index in [1.165, 1.54) is 12.1 Å². The molecule has 2 saturated heterocycles. The summed E-state index contributed by atoms with van der Waals surface area (Å²) in [6, 6.07) is 6.57. The van der Waals surface area contributed by atoms with E-state index in [2.05, 4.69) is 10.6 Å². The molecule has 0 saturated carbocycles. The largest absolute Gasteiger partial charge is 0.367 e. The molecule has 6 nitrogen and oxygen atoms in total. The Morgan fingerprint density at radius 3 is 2.41 bits per heavy atom. The van der Waals surface area contributed by atoms with Gasteiger partial charge in [0.1, 0.15) is 17.5 Å². The van der Waals surface area contributed by atoms with E-state index in [-0.39, 0.29) is 36.8 Å². The third kappa shape index (κ3) is 4.61. The van der Waals surface area contributed by atoms with Crippen LogP contribution in [0.5, 0.6) is 0 Å². The summed E-state index contributed by atoms with van der Waals surface area (Å²) in [6.45, 7) is 2.48. The molecule has 1 atom stereocenters. The maximum atomic E-state index is 14.7. The summed E-state index contributed by atoms with van der Waals surface area (Å²) < 4.78 is 42.8. The number of hydrogen-bond donors (Lipinski definition) is 2. The predicted octanol–water partition coefficient (Wildman–Crippen LogP) is 2.48. The Labute approximate surface area is 182 Å². The fourth-order valence-electron chi connectivity index (χ4n) is 4.21. The van der Waals surface area contributed by atoms with Crippen LogP contribution in [0.4, 0.5) is 18.9 Å². The molecule has 0 bridgehead atoms. The lowest BCUT2D eigenvalue weighted by molar-refractivity contribution is -0.134. The van der Waals surface area contributed by atoms with Crippen LogP contribution in [-0.4, -0.2) is 36.9 Å². The first-order chi connectivity index (χ1) is 15.2. The van der Waals surface area contributed by atoms with Gasteiger partial charge in [0.2, 0.25) is 17.7 Å². The minimum atomic E-state index is -1.04. The summed E-state index contributed by atoms with van der Waals surface area (Å²) in [5.41, 5.74) is 1.27. The zero-order chi connectivity index (χ0) is 23.0. The number of piperidine rings is 1. The maximum absolute atomic E-state index is 14.7.